The van der Waals surface area contributed by atoms with Crippen LogP contribution in [0.4, 0.5) is 17.1 Å². The predicted molar refractivity (Wildman–Crippen MR) is 214 cm³/mol. The van der Waals surface area contributed by atoms with Crippen molar-refractivity contribution in [2.24, 2.45) is 0 Å². The number of anilines is 3. The van der Waals surface area contributed by atoms with Crippen LogP contribution >= 0.6 is 0 Å². The summed E-state index contributed by atoms with van der Waals surface area (Å²) < 4.78 is 4.91. The molecule has 0 amide bonds. The third-order valence-corrected chi connectivity index (χ3v) is 10.6. The van der Waals surface area contributed by atoms with Gasteiger partial charge in [0.15, 0.2) is 0 Å². The van der Waals surface area contributed by atoms with Gasteiger partial charge in [-0.3, -0.25) is 0 Å². The molecule has 0 saturated heterocycles. The van der Waals surface area contributed by atoms with Gasteiger partial charge in [-0.15, -0.1) is 0 Å². The second kappa shape index (κ2) is 10.8. The maximum Gasteiger partial charge on any atom is 0.0783 e. The first-order valence-corrected chi connectivity index (χ1v) is 17.5. The second-order valence-electron chi connectivity index (χ2n) is 13.4. The number of para-hydroxylation sites is 5. The van der Waals surface area contributed by atoms with Crippen LogP contribution in [0.1, 0.15) is 0 Å². The second-order valence-corrected chi connectivity index (χ2v) is 13.4. The highest BCUT2D eigenvalue weighted by molar-refractivity contribution is 6.30. The average Bonchev–Trinajstić information content (AvgIpc) is 3.73. The van der Waals surface area contributed by atoms with Crippen molar-refractivity contribution in [1.29, 1.82) is 0 Å². The van der Waals surface area contributed by atoms with E-state index in [9.17, 15) is 0 Å². The van der Waals surface area contributed by atoms with E-state index in [0.29, 0.717) is 0 Å². The monoisotopic (exact) mass is 649 g/mol. The molecule has 0 N–H and O–H groups in total. The normalized spacial score (nSPS) is 12.3. The van der Waals surface area contributed by atoms with Crippen LogP contribution in [0, 0.1) is 0 Å². The molecule has 51 heavy (non-hydrogen) atoms. The SMILES string of the molecule is c1ccc(-c2cc(-c3ccccc3)cc(N3c4ccccc4-n4c5ccc6c(c7ccccc7n6-c6ccccc6)c5c5cccc3c54)c2)cc1. The largest absolute Gasteiger partial charge is 0.309 e. The molecule has 3 heterocycles. The molecule has 11 rings (SSSR count). The Morgan fingerprint density at radius 1 is 0.294 bits per heavy atom. The number of nitrogens with zero attached hydrogens (tertiary/aromatic N) is 3. The highest BCUT2D eigenvalue weighted by atomic mass is 15.2. The van der Waals surface area contributed by atoms with E-state index in [2.05, 4.69) is 202 Å². The summed E-state index contributed by atoms with van der Waals surface area (Å²) in [7, 11) is 0. The van der Waals surface area contributed by atoms with Crippen LogP contribution in [0.15, 0.2) is 188 Å². The van der Waals surface area contributed by atoms with Gasteiger partial charge in [0.1, 0.15) is 0 Å². The summed E-state index contributed by atoms with van der Waals surface area (Å²) in [5, 5.41) is 5.09. The van der Waals surface area contributed by atoms with Gasteiger partial charge in [0.05, 0.1) is 39.1 Å². The molecule has 8 aromatic carbocycles. The lowest BCUT2D eigenvalue weighted by Gasteiger charge is -2.33. The number of rotatable bonds is 4. The molecular formula is C48H31N3. The molecule has 0 unspecified atom stereocenters. The highest BCUT2D eigenvalue weighted by Crippen LogP contribution is 2.52. The van der Waals surface area contributed by atoms with E-state index in [1.54, 1.807) is 0 Å². The lowest BCUT2D eigenvalue weighted by atomic mass is 9.97. The third-order valence-electron chi connectivity index (χ3n) is 10.6. The summed E-state index contributed by atoms with van der Waals surface area (Å²) in [6.07, 6.45) is 0. The van der Waals surface area contributed by atoms with Crippen molar-refractivity contribution in [3.8, 4) is 33.6 Å². The third kappa shape index (κ3) is 4.06. The van der Waals surface area contributed by atoms with Crippen LogP contribution in [0.5, 0.6) is 0 Å². The van der Waals surface area contributed by atoms with E-state index in [-0.39, 0.29) is 0 Å². The van der Waals surface area contributed by atoms with Crippen molar-refractivity contribution < 1.29 is 0 Å². The molecule has 0 bridgehead atoms. The molecule has 0 aliphatic carbocycles. The van der Waals surface area contributed by atoms with Crippen LogP contribution in [0.2, 0.25) is 0 Å². The Morgan fingerprint density at radius 2 is 0.824 bits per heavy atom. The number of aromatic nitrogens is 2. The highest BCUT2D eigenvalue weighted by Gasteiger charge is 2.30. The smallest absolute Gasteiger partial charge is 0.0783 e. The minimum atomic E-state index is 1.14. The zero-order valence-corrected chi connectivity index (χ0v) is 27.7. The zero-order valence-electron chi connectivity index (χ0n) is 27.7. The summed E-state index contributed by atoms with van der Waals surface area (Å²) in [6.45, 7) is 0. The molecular weight excluding hydrogens is 619 g/mol. The van der Waals surface area contributed by atoms with Gasteiger partial charge in [-0.1, -0.05) is 121 Å². The van der Waals surface area contributed by atoms with Crippen LogP contribution < -0.4 is 4.90 Å². The summed E-state index contributed by atoms with van der Waals surface area (Å²) in [5.74, 6) is 0. The van der Waals surface area contributed by atoms with Gasteiger partial charge in [0.25, 0.3) is 0 Å². The van der Waals surface area contributed by atoms with E-state index in [0.717, 1.165) is 11.4 Å². The minimum Gasteiger partial charge on any atom is -0.309 e. The lowest BCUT2D eigenvalue weighted by molar-refractivity contribution is 1.11. The van der Waals surface area contributed by atoms with Crippen molar-refractivity contribution in [2.75, 3.05) is 4.90 Å². The lowest BCUT2D eigenvalue weighted by Crippen LogP contribution is -2.18. The van der Waals surface area contributed by atoms with Crippen molar-refractivity contribution in [2.45, 2.75) is 0 Å². The quantitative estimate of drug-likeness (QED) is 0.185. The summed E-state index contributed by atoms with van der Waals surface area (Å²) >= 11 is 0. The number of hydrogen-bond acceptors (Lipinski definition) is 1. The van der Waals surface area contributed by atoms with E-state index in [1.807, 2.05) is 0 Å². The maximum absolute atomic E-state index is 2.50. The first kappa shape index (κ1) is 28.0. The molecule has 0 saturated carbocycles. The van der Waals surface area contributed by atoms with E-state index < -0.39 is 0 Å². The van der Waals surface area contributed by atoms with Gasteiger partial charge in [-0.2, -0.15) is 0 Å². The first-order chi connectivity index (χ1) is 25.3. The molecule has 238 valence electrons. The van der Waals surface area contributed by atoms with Gasteiger partial charge < -0.3 is 14.0 Å². The van der Waals surface area contributed by atoms with Crippen molar-refractivity contribution in [3.63, 3.8) is 0 Å². The van der Waals surface area contributed by atoms with Crippen LogP contribution in [0.25, 0.3) is 77.2 Å². The zero-order chi connectivity index (χ0) is 33.5. The fraction of sp³-hybridized carbons (Fsp3) is 0. The molecule has 10 aromatic rings. The average molecular weight is 650 g/mol. The summed E-state index contributed by atoms with van der Waals surface area (Å²) in [4.78, 5) is 2.47. The maximum atomic E-state index is 2.50. The minimum absolute atomic E-state index is 1.14. The number of hydrogen-bond donors (Lipinski definition) is 0. The van der Waals surface area contributed by atoms with Gasteiger partial charge in [-0.05, 0) is 89.0 Å². The fourth-order valence-corrected chi connectivity index (χ4v) is 8.47. The Labute approximate surface area is 295 Å². The Bertz CT molecular complexity index is 2900. The van der Waals surface area contributed by atoms with Gasteiger partial charge in [0, 0.05) is 32.9 Å². The first-order valence-electron chi connectivity index (χ1n) is 17.5. The summed E-state index contributed by atoms with van der Waals surface area (Å²) in [6, 6.07) is 68.4. The van der Waals surface area contributed by atoms with E-state index >= 15 is 0 Å². The Kier molecular flexibility index (Phi) is 5.96. The molecule has 0 atom stereocenters. The molecule has 0 radical (unpaired) electrons. The molecule has 0 fully saturated rings. The van der Waals surface area contributed by atoms with E-state index in [1.165, 1.54) is 82.9 Å². The van der Waals surface area contributed by atoms with Crippen LogP contribution in [-0.2, 0) is 0 Å². The topological polar surface area (TPSA) is 13.1 Å². The molecule has 3 heteroatoms. The predicted octanol–water partition coefficient (Wildman–Crippen LogP) is 13.0. The Balaban J connectivity index is 1.25. The van der Waals surface area contributed by atoms with Crippen molar-refractivity contribution in [3.05, 3.63) is 188 Å². The van der Waals surface area contributed by atoms with Gasteiger partial charge in [-0.25, -0.2) is 0 Å². The molecule has 0 spiro atoms. The Hall–Kier alpha value is -6.84. The molecule has 1 aliphatic heterocycles. The molecule has 3 nitrogen and oxygen atoms in total. The number of fused-ring (bicyclic) bond motifs is 9. The fourth-order valence-electron chi connectivity index (χ4n) is 8.47. The van der Waals surface area contributed by atoms with Crippen LogP contribution in [-0.4, -0.2) is 9.13 Å². The summed E-state index contributed by atoms with van der Waals surface area (Å²) in [5.41, 5.74) is 15.5. The number of benzene rings is 8. The molecule has 1 aliphatic rings. The van der Waals surface area contributed by atoms with E-state index in [4.69, 9.17) is 0 Å². The van der Waals surface area contributed by atoms with Crippen molar-refractivity contribution >= 4 is 60.7 Å². The molecule has 2 aromatic heterocycles. The van der Waals surface area contributed by atoms with Crippen LogP contribution in [0.3, 0.4) is 0 Å². The van der Waals surface area contributed by atoms with Crippen molar-refractivity contribution in [1.82, 2.24) is 9.13 Å². The van der Waals surface area contributed by atoms with Gasteiger partial charge in [0.2, 0.25) is 0 Å². The van der Waals surface area contributed by atoms with Gasteiger partial charge >= 0.3 is 0 Å². The Morgan fingerprint density at radius 3 is 1.53 bits per heavy atom. The standard InChI is InChI=1S/C48H31N3/c1-4-15-32(16-5-1)34-29-35(33-17-6-2-7-18-33)31-37(30-34)50-41-24-12-13-25-42(41)51-44-28-27-43-46(47(44)39-22-14-26-45(50)48(39)51)38-21-10-11-23-40(38)49(43)36-19-8-3-9-20-36/h1-31H.